The van der Waals surface area contributed by atoms with Crippen LogP contribution in [-0.2, 0) is 6.54 Å². The van der Waals surface area contributed by atoms with Crippen molar-refractivity contribution in [1.29, 1.82) is 0 Å². The maximum absolute atomic E-state index is 10.3. The third kappa shape index (κ3) is 2.35. The molecule has 1 aromatic heterocycles. The zero-order valence-corrected chi connectivity index (χ0v) is 8.34. The fourth-order valence-corrected chi connectivity index (χ4v) is 1.35. The van der Waals surface area contributed by atoms with Crippen molar-refractivity contribution in [3.8, 4) is 11.4 Å². The molecule has 82 valence electrons. The van der Waals surface area contributed by atoms with E-state index < -0.39 is 6.09 Å². The first-order valence-electron chi connectivity index (χ1n) is 4.67. The van der Waals surface area contributed by atoms with Crippen LogP contribution >= 0.6 is 0 Å². The van der Waals surface area contributed by atoms with Gasteiger partial charge in [0, 0.05) is 12.1 Å². The number of benzene rings is 1. The molecule has 2 rings (SSSR count). The summed E-state index contributed by atoms with van der Waals surface area (Å²) in [5, 5.41) is 17.3. The van der Waals surface area contributed by atoms with Gasteiger partial charge in [-0.25, -0.2) is 9.78 Å². The van der Waals surface area contributed by atoms with Gasteiger partial charge in [-0.1, -0.05) is 18.2 Å². The van der Waals surface area contributed by atoms with Gasteiger partial charge in [0.25, 0.3) is 0 Å². The van der Waals surface area contributed by atoms with E-state index in [2.05, 4.69) is 20.5 Å². The molecule has 0 aliphatic rings. The highest BCUT2D eigenvalue weighted by Gasteiger charge is 2.02. The van der Waals surface area contributed by atoms with E-state index in [1.54, 1.807) is 0 Å². The molecular weight excluding hydrogens is 208 g/mol. The normalized spacial score (nSPS) is 10.0. The lowest BCUT2D eigenvalue weighted by Gasteiger charge is -2.03. The Balaban J connectivity index is 2.17. The molecule has 0 bridgehead atoms. The zero-order valence-electron chi connectivity index (χ0n) is 8.34. The van der Waals surface area contributed by atoms with E-state index in [0.717, 1.165) is 11.1 Å². The van der Waals surface area contributed by atoms with Crippen molar-refractivity contribution in [1.82, 2.24) is 20.5 Å². The number of nitrogens with zero attached hydrogens (tertiary/aromatic N) is 2. The molecule has 0 aliphatic heterocycles. The van der Waals surface area contributed by atoms with Crippen LogP contribution in [0.4, 0.5) is 4.79 Å². The number of carboxylic acid groups (broad SMARTS) is 1. The molecule has 6 heteroatoms. The second-order valence-corrected chi connectivity index (χ2v) is 3.19. The smallest absolute Gasteiger partial charge is 0.404 e. The predicted molar refractivity (Wildman–Crippen MR) is 56.7 cm³/mol. The van der Waals surface area contributed by atoms with E-state index in [4.69, 9.17) is 5.11 Å². The molecule has 3 N–H and O–H groups in total. The highest BCUT2D eigenvalue weighted by atomic mass is 16.4. The van der Waals surface area contributed by atoms with Crippen molar-refractivity contribution in [2.45, 2.75) is 6.54 Å². The summed E-state index contributed by atoms with van der Waals surface area (Å²) in [6.45, 7) is 0.275. The number of aromatic amines is 1. The average molecular weight is 218 g/mol. The Morgan fingerprint density at radius 1 is 1.50 bits per heavy atom. The molecule has 0 saturated carbocycles. The Bertz CT molecular complexity index is 481. The largest absolute Gasteiger partial charge is 0.465 e. The summed E-state index contributed by atoms with van der Waals surface area (Å²) in [5.74, 6) is 0.664. The van der Waals surface area contributed by atoms with Gasteiger partial charge in [0.1, 0.15) is 6.33 Å². The van der Waals surface area contributed by atoms with Crippen LogP contribution in [0.15, 0.2) is 30.6 Å². The standard InChI is InChI=1S/C10H10N4O2/c15-10(16)11-5-7-2-1-3-8(4-7)9-12-6-13-14-9/h1-4,6,11H,5H2,(H,15,16)(H,12,13,14). The number of rotatable bonds is 3. The average Bonchev–Trinajstić information content (AvgIpc) is 2.80. The maximum atomic E-state index is 10.3. The minimum absolute atomic E-state index is 0.275. The molecule has 1 heterocycles. The topological polar surface area (TPSA) is 90.9 Å². The lowest BCUT2D eigenvalue weighted by Crippen LogP contribution is -2.19. The van der Waals surface area contributed by atoms with Crippen molar-refractivity contribution >= 4 is 6.09 Å². The monoisotopic (exact) mass is 218 g/mol. The minimum Gasteiger partial charge on any atom is -0.465 e. The molecule has 0 aliphatic carbocycles. The van der Waals surface area contributed by atoms with Crippen LogP contribution in [0, 0.1) is 0 Å². The van der Waals surface area contributed by atoms with Crippen molar-refractivity contribution in [3.05, 3.63) is 36.2 Å². The van der Waals surface area contributed by atoms with Gasteiger partial charge in [0.15, 0.2) is 5.82 Å². The Morgan fingerprint density at radius 2 is 2.38 bits per heavy atom. The summed E-state index contributed by atoms with van der Waals surface area (Å²) in [6, 6.07) is 7.42. The molecule has 0 spiro atoms. The van der Waals surface area contributed by atoms with Gasteiger partial charge in [-0.2, -0.15) is 5.10 Å². The van der Waals surface area contributed by atoms with Crippen LogP contribution < -0.4 is 5.32 Å². The van der Waals surface area contributed by atoms with Crippen LogP contribution in [-0.4, -0.2) is 26.4 Å². The van der Waals surface area contributed by atoms with Crippen molar-refractivity contribution in [2.75, 3.05) is 0 Å². The number of hydrogen-bond acceptors (Lipinski definition) is 3. The van der Waals surface area contributed by atoms with Gasteiger partial charge >= 0.3 is 6.09 Å². The van der Waals surface area contributed by atoms with Crippen LogP contribution in [0.25, 0.3) is 11.4 Å². The SMILES string of the molecule is O=C(O)NCc1cccc(-c2ncn[nH]2)c1. The first kappa shape index (κ1) is 10.2. The molecule has 16 heavy (non-hydrogen) atoms. The lowest BCUT2D eigenvalue weighted by molar-refractivity contribution is 0.194. The van der Waals surface area contributed by atoms with Gasteiger partial charge in [0.05, 0.1) is 0 Å². The molecule has 0 unspecified atom stereocenters. The molecule has 0 radical (unpaired) electrons. The van der Waals surface area contributed by atoms with Crippen LogP contribution in [0.1, 0.15) is 5.56 Å². The van der Waals surface area contributed by atoms with Crippen molar-refractivity contribution < 1.29 is 9.90 Å². The van der Waals surface area contributed by atoms with E-state index in [1.165, 1.54) is 6.33 Å². The van der Waals surface area contributed by atoms with E-state index >= 15 is 0 Å². The Morgan fingerprint density at radius 3 is 3.06 bits per heavy atom. The molecule has 2 aromatic rings. The molecular formula is C10H10N4O2. The quantitative estimate of drug-likeness (QED) is 0.722. The molecule has 0 saturated heterocycles. The van der Waals surface area contributed by atoms with Crippen molar-refractivity contribution in [2.24, 2.45) is 0 Å². The third-order valence-electron chi connectivity index (χ3n) is 2.06. The minimum atomic E-state index is -1.04. The maximum Gasteiger partial charge on any atom is 0.404 e. The third-order valence-corrected chi connectivity index (χ3v) is 2.06. The molecule has 1 aromatic carbocycles. The van der Waals surface area contributed by atoms with Crippen LogP contribution in [0.2, 0.25) is 0 Å². The molecule has 1 amide bonds. The first-order valence-corrected chi connectivity index (χ1v) is 4.67. The van der Waals surface area contributed by atoms with Crippen molar-refractivity contribution in [3.63, 3.8) is 0 Å². The van der Waals surface area contributed by atoms with E-state index in [-0.39, 0.29) is 6.54 Å². The molecule has 0 fully saturated rings. The number of nitrogens with one attached hydrogen (secondary N) is 2. The van der Waals surface area contributed by atoms with Gasteiger partial charge in [-0.15, -0.1) is 0 Å². The Hall–Kier alpha value is -2.37. The van der Waals surface area contributed by atoms with Gasteiger partial charge < -0.3 is 10.4 Å². The van der Waals surface area contributed by atoms with Gasteiger partial charge in [0.2, 0.25) is 0 Å². The summed E-state index contributed by atoms with van der Waals surface area (Å²) < 4.78 is 0. The van der Waals surface area contributed by atoms with E-state index in [9.17, 15) is 4.79 Å². The zero-order chi connectivity index (χ0) is 11.4. The highest BCUT2D eigenvalue weighted by Crippen LogP contribution is 2.15. The highest BCUT2D eigenvalue weighted by molar-refractivity contribution is 5.64. The molecule has 6 nitrogen and oxygen atoms in total. The first-order chi connectivity index (χ1) is 7.75. The number of hydrogen-bond donors (Lipinski definition) is 3. The molecule has 0 atom stereocenters. The second kappa shape index (κ2) is 4.43. The van der Waals surface area contributed by atoms with Gasteiger partial charge in [-0.05, 0) is 11.6 Å². The number of aromatic nitrogens is 3. The fraction of sp³-hybridized carbons (Fsp3) is 0.100. The Kier molecular flexibility index (Phi) is 2.81. The number of H-pyrrole nitrogens is 1. The number of amides is 1. The fourth-order valence-electron chi connectivity index (χ4n) is 1.35. The van der Waals surface area contributed by atoms with E-state index in [0.29, 0.717) is 5.82 Å². The number of carbonyl (C=O) groups is 1. The van der Waals surface area contributed by atoms with Gasteiger partial charge in [-0.3, -0.25) is 5.10 Å². The predicted octanol–water partition coefficient (Wildman–Crippen LogP) is 1.24. The summed E-state index contributed by atoms with van der Waals surface area (Å²) in [5.41, 5.74) is 1.75. The van der Waals surface area contributed by atoms with E-state index in [1.807, 2.05) is 24.3 Å². The summed E-state index contributed by atoms with van der Waals surface area (Å²) in [7, 11) is 0. The second-order valence-electron chi connectivity index (χ2n) is 3.19. The Labute approximate surface area is 91.3 Å². The summed E-state index contributed by atoms with van der Waals surface area (Å²) in [6.07, 6.45) is 0.391. The van der Waals surface area contributed by atoms with Crippen LogP contribution in [0.3, 0.4) is 0 Å². The van der Waals surface area contributed by atoms with Crippen LogP contribution in [0.5, 0.6) is 0 Å². The summed E-state index contributed by atoms with van der Waals surface area (Å²) >= 11 is 0. The summed E-state index contributed by atoms with van der Waals surface area (Å²) in [4.78, 5) is 14.4. The lowest BCUT2D eigenvalue weighted by atomic mass is 10.1.